The molecule has 114 valence electrons. The van der Waals surface area contributed by atoms with Crippen molar-refractivity contribution in [1.82, 2.24) is 0 Å². The van der Waals surface area contributed by atoms with Crippen LogP contribution in [0.25, 0.3) is 6.08 Å². The molecule has 1 N–H and O–H groups in total. The molecule has 4 nitrogen and oxygen atoms in total. The standard InChI is InChI=1S/C17H15FO4/c1-21-16-8-2-12(3-9-17(19)20)10-13(16)11-22-15-6-4-14(18)5-7-15/h2-10H,11H2,1H3,(H,19,20). The van der Waals surface area contributed by atoms with Gasteiger partial charge in [0, 0.05) is 11.6 Å². The van der Waals surface area contributed by atoms with Crippen LogP contribution in [-0.2, 0) is 11.4 Å². The van der Waals surface area contributed by atoms with E-state index in [2.05, 4.69) is 0 Å². The van der Waals surface area contributed by atoms with Gasteiger partial charge in [-0.3, -0.25) is 0 Å². The van der Waals surface area contributed by atoms with E-state index in [-0.39, 0.29) is 12.4 Å². The minimum atomic E-state index is -1.01. The number of carboxylic acids is 1. The zero-order chi connectivity index (χ0) is 15.9. The maximum absolute atomic E-state index is 12.8. The molecule has 0 saturated carbocycles. The zero-order valence-corrected chi connectivity index (χ0v) is 12.0. The molecule has 0 atom stereocenters. The molecule has 2 rings (SSSR count). The van der Waals surface area contributed by atoms with E-state index in [4.69, 9.17) is 14.6 Å². The molecule has 0 fully saturated rings. The Morgan fingerprint density at radius 3 is 2.59 bits per heavy atom. The molecule has 0 aliphatic heterocycles. The van der Waals surface area contributed by atoms with Gasteiger partial charge in [-0.05, 0) is 48.0 Å². The largest absolute Gasteiger partial charge is 0.496 e. The lowest BCUT2D eigenvalue weighted by molar-refractivity contribution is -0.131. The van der Waals surface area contributed by atoms with E-state index in [1.54, 1.807) is 25.3 Å². The number of hydrogen-bond acceptors (Lipinski definition) is 3. The normalized spacial score (nSPS) is 10.6. The molecule has 0 heterocycles. The maximum Gasteiger partial charge on any atom is 0.328 e. The maximum atomic E-state index is 12.8. The number of carbonyl (C=O) groups is 1. The topological polar surface area (TPSA) is 55.8 Å². The summed E-state index contributed by atoms with van der Waals surface area (Å²) in [6.45, 7) is 0.226. The van der Waals surface area contributed by atoms with E-state index in [0.717, 1.165) is 17.2 Å². The molecule has 0 radical (unpaired) electrons. The fourth-order valence-corrected chi connectivity index (χ4v) is 1.87. The lowest BCUT2D eigenvalue weighted by Gasteiger charge is -2.11. The molecular weight excluding hydrogens is 287 g/mol. The van der Waals surface area contributed by atoms with E-state index >= 15 is 0 Å². The van der Waals surface area contributed by atoms with Gasteiger partial charge in [0.2, 0.25) is 0 Å². The number of hydrogen-bond donors (Lipinski definition) is 1. The molecule has 2 aromatic carbocycles. The summed E-state index contributed by atoms with van der Waals surface area (Å²) in [5.41, 5.74) is 1.49. The Balaban J connectivity index is 2.15. The second-order valence-corrected chi connectivity index (χ2v) is 4.49. The highest BCUT2D eigenvalue weighted by molar-refractivity contribution is 5.85. The van der Waals surface area contributed by atoms with Crippen LogP contribution in [0.3, 0.4) is 0 Å². The molecule has 0 unspecified atom stereocenters. The lowest BCUT2D eigenvalue weighted by atomic mass is 10.1. The fraction of sp³-hybridized carbons (Fsp3) is 0.118. The summed E-state index contributed by atoms with van der Waals surface area (Å²) >= 11 is 0. The van der Waals surface area contributed by atoms with Crippen LogP contribution in [0.2, 0.25) is 0 Å². The third kappa shape index (κ3) is 4.34. The monoisotopic (exact) mass is 302 g/mol. The van der Waals surface area contributed by atoms with Crippen LogP contribution in [0.15, 0.2) is 48.5 Å². The summed E-state index contributed by atoms with van der Waals surface area (Å²) in [6, 6.07) is 11.0. The predicted octanol–water partition coefficient (Wildman–Crippen LogP) is 3.51. The molecule has 0 saturated heterocycles. The highest BCUT2D eigenvalue weighted by atomic mass is 19.1. The molecule has 22 heavy (non-hydrogen) atoms. The summed E-state index contributed by atoms with van der Waals surface area (Å²) < 4.78 is 23.7. The third-order valence-corrected chi connectivity index (χ3v) is 2.93. The summed E-state index contributed by atoms with van der Waals surface area (Å²) in [4.78, 5) is 10.6. The first-order valence-corrected chi connectivity index (χ1v) is 6.55. The third-order valence-electron chi connectivity index (χ3n) is 2.93. The fourth-order valence-electron chi connectivity index (χ4n) is 1.87. The van der Waals surface area contributed by atoms with Crippen LogP contribution >= 0.6 is 0 Å². The van der Waals surface area contributed by atoms with Crippen LogP contribution in [0.5, 0.6) is 11.5 Å². The van der Waals surface area contributed by atoms with E-state index < -0.39 is 5.97 Å². The molecule has 0 aliphatic rings. The van der Waals surface area contributed by atoms with Crippen molar-refractivity contribution in [3.63, 3.8) is 0 Å². The van der Waals surface area contributed by atoms with Gasteiger partial charge >= 0.3 is 5.97 Å². The number of methoxy groups -OCH3 is 1. The molecule has 0 spiro atoms. The van der Waals surface area contributed by atoms with E-state index in [1.807, 2.05) is 0 Å². The predicted molar refractivity (Wildman–Crippen MR) is 80.4 cm³/mol. The molecular formula is C17H15FO4. The Morgan fingerprint density at radius 2 is 1.95 bits per heavy atom. The van der Waals surface area contributed by atoms with Gasteiger partial charge in [0.05, 0.1) is 7.11 Å². The number of aliphatic carboxylic acids is 1. The van der Waals surface area contributed by atoms with Crippen LogP contribution in [0.1, 0.15) is 11.1 Å². The van der Waals surface area contributed by atoms with Gasteiger partial charge in [0.25, 0.3) is 0 Å². The van der Waals surface area contributed by atoms with Crippen molar-refractivity contribution in [1.29, 1.82) is 0 Å². The van der Waals surface area contributed by atoms with Crippen molar-refractivity contribution in [2.75, 3.05) is 7.11 Å². The number of rotatable bonds is 6. The number of halogens is 1. The Bertz CT molecular complexity index is 678. The Hall–Kier alpha value is -2.82. The lowest BCUT2D eigenvalue weighted by Crippen LogP contribution is -1.99. The Labute approximate surface area is 127 Å². The first kappa shape index (κ1) is 15.6. The summed E-state index contributed by atoms with van der Waals surface area (Å²) in [5, 5.41) is 8.65. The van der Waals surface area contributed by atoms with E-state index in [0.29, 0.717) is 11.5 Å². The minimum absolute atomic E-state index is 0.226. The van der Waals surface area contributed by atoms with Crippen molar-refractivity contribution in [2.24, 2.45) is 0 Å². The number of ether oxygens (including phenoxy) is 2. The summed E-state index contributed by atoms with van der Waals surface area (Å²) in [7, 11) is 1.55. The van der Waals surface area contributed by atoms with Crippen LogP contribution in [0, 0.1) is 5.82 Å². The van der Waals surface area contributed by atoms with Gasteiger partial charge in [-0.1, -0.05) is 6.07 Å². The summed E-state index contributed by atoms with van der Waals surface area (Å²) in [6.07, 6.45) is 2.55. The van der Waals surface area contributed by atoms with Gasteiger partial charge in [0.15, 0.2) is 0 Å². The highest BCUT2D eigenvalue weighted by Gasteiger charge is 2.05. The van der Waals surface area contributed by atoms with Crippen molar-refractivity contribution in [3.8, 4) is 11.5 Å². The zero-order valence-electron chi connectivity index (χ0n) is 12.0. The van der Waals surface area contributed by atoms with Crippen LogP contribution in [0.4, 0.5) is 4.39 Å². The first-order valence-electron chi connectivity index (χ1n) is 6.55. The molecule has 0 aliphatic carbocycles. The molecule has 2 aromatic rings. The van der Waals surface area contributed by atoms with Crippen LogP contribution < -0.4 is 9.47 Å². The van der Waals surface area contributed by atoms with Gasteiger partial charge < -0.3 is 14.6 Å². The average molecular weight is 302 g/mol. The Morgan fingerprint density at radius 1 is 1.23 bits per heavy atom. The quantitative estimate of drug-likeness (QED) is 0.830. The smallest absolute Gasteiger partial charge is 0.328 e. The average Bonchev–Trinajstić information content (AvgIpc) is 2.52. The second-order valence-electron chi connectivity index (χ2n) is 4.49. The molecule has 0 aromatic heterocycles. The minimum Gasteiger partial charge on any atom is -0.496 e. The van der Waals surface area contributed by atoms with Crippen molar-refractivity contribution < 1.29 is 23.8 Å². The first-order chi connectivity index (χ1) is 10.6. The van der Waals surface area contributed by atoms with Gasteiger partial charge in [-0.2, -0.15) is 0 Å². The van der Waals surface area contributed by atoms with Gasteiger partial charge in [-0.25, -0.2) is 9.18 Å². The highest BCUT2D eigenvalue weighted by Crippen LogP contribution is 2.23. The van der Waals surface area contributed by atoms with Crippen molar-refractivity contribution >= 4 is 12.0 Å². The van der Waals surface area contributed by atoms with Gasteiger partial charge in [0.1, 0.15) is 23.9 Å². The SMILES string of the molecule is COc1ccc(C=CC(=O)O)cc1COc1ccc(F)cc1. The van der Waals surface area contributed by atoms with E-state index in [9.17, 15) is 9.18 Å². The van der Waals surface area contributed by atoms with Crippen molar-refractivity contribution in [3.05, 3.63) is 65.5 Å². The molecule has 0 amide bonds. The number of carboxylic acid groups (broad SMARTS) is 1. The molecule has 5 heteroatoms. The van der Waals surface area contributed by atoms with Crippen LogP contribution in [-0.4, -0.2) is 18.2 Å². The second kappa shape index (κ2) is 7.26. The van der Waals surface area contributed by atoms with E-state index in [1.165, 1.54) is 30.3 Å². The van der Waals surface area contributed by atoms with Crippen molar-refractivity contribution in [2.45, 2.75) is 6.61 Å². The van der Waals surface area contributed by atoms with Gasteiger partial charge in [-0.15, -0.1) is 0 Å². The summed E-state index contributed by atoms with van der Waals surface area (Å²) in [5.74, 6) is -0.171. The molecule has 0 bridgehead atoms. The Kier molecular flexibility index (Phi) is 5.14. The number of benzene rings is 2.